The van der Waals surface area contributed by atoms with Gasteiger partial charge in [0.2, 0.25) is 0 Å². The molecule has 2 aliphatic rings. The average molecular weight is 419 g/mol. The first-order valence-electron chi connectivity index (χ1n) is 9.69. The molecule has 5 rings (SSSR count). The van der Waals surface area contributed by atoms with E-state index in [-0.39, 0.29) is 18.0 Å². The van der Waals surface area contributed by atoms with Crippen molar-refractivity contribution in [3.63, 3.8) is 0 Å². The van der Waals surface area contributed by atoms with Gasteiger partial charge in [-0.25, -0.2) is 0 Å². The number of aliphatic hydroxyl groups is 2. The molecule has 1 aliphatic heterocycles. The molecule has 0 spiro atoms. The summed E-state index contributed by atoms with van der Waals surface area (Å²) in [4.78, 5) is 4.38. The van der Waals surface area contributed by atoms with Crippen molar-refractivity contribution in [3.05, 3.63) is 94.3 Å². The maximum absolute atomic E-state index is 12.2. The van der Waals surface area contributed by atoms with Crippen LogP contribution in [0.4, 0.5) is 0 Å². The van der Waals surface area contributed by atoms with Crippen molar-refractivity contribution in [2.75, 3.05) is 0 Å². The fourth-order valence-corrected chi connectivity index (χ4v) is 5.31. The molecule has 0 saturated heterocycles. The predicted molar refractivity (Wildman–Crippen MR) is 111 cm³/mol. The van der Waals surface area contributed by atoms with Gasteiger partial charge >= 0.3 is 0 Å². The molecule has 1 aliphatic carbocycles. The van der Waals surface area contributed by atoms with E-state index in [2.05, 4.69) is 11.1 Å². The van der Waals surface area contributed by atoms with Crippen LogP contribution < -0.4 is 4.74 Å². The van der Waals surface area contributed by atoms with Crippen LogP contribution in [0.25, 0.3) is 0 Å². The molecule has 30 heavy (non-hydrogen) atoms. The third kappa shape index (κ3) is 2.27. The third-order valence-electron chi connectivity index (χ3n) is 6.49. The van der Waals surface area contributed by atoms with E-state index in [0.717, 1.165) is 5.56 Å². The van der Waals surface area contributed by atoms with Crippen LogP contribution >= 0.6 is 11.6 Å². The topological polar surface area (TPSA) is 86.4 Å². The van der Waals surface area contributed by atoms with Crippen molar-refractivity contribution in [1.82, 2.24) is 4.98 Å². The summed E-state index contributed by atoms with van der Waals surface area (Å²) in [6.07, 6.45) is 1.71. The first-order chi connectivity index (χ1) is 14.3. The second-order valence-corrected chi connectivity index (χ2v) is 8.62. The van der Waals surface area contributed by atoms with E-state index in [9.17, 15) is 15.5 Å². The van der Waals surface area contributed by atoms with Gasteiger partial charge in [-0.3, -0.25) is 4.98 Å². The molecule has 4 atom stereocenters. The molecule has 5 nitrogen and oxygen atoms in total. The molecule has 0 bridgehead atoms. The predicted octanol–water partition coefficient (Wildman–Crippen LogP) is 4.02. The highest BCUT2D eigenvalue weighted by Crippen LogP contribution is 2.69. The molecule has 1 saturated carbocycles. The Bertz CT molecular complexity index is 1170. The summed E-state index contributed by atoms with van der Waals surface area (Å²) in [5.74, 6) is -0.0325. The second-order valence-electron chi connectivity index (χ2n) is 8.18. The van der Waals surface area contributed by atoms with Crippen LogP contribution in [0.15, 0.2) is 66.9 Å². The molecule has 3 unspecified atom stereocenters. The number of rotatable bonds is 2. The third-order valence-corrected chi connectivity index (χ3v) is 6.69. The van der Waals surface area contributed by atoms with Gasteiger partial charge < -0.3 is 14.9 Å². The van der Waals surface area contributed by atoms with Crippen molar-refractivity contribution >= 4 is 11.6 Å². The number of nitriles is 1. The fraction of sp³-hybridized carbons (Fsp3) is 0.250. The minimum Gasteiger partial charge on any atom is -0.476 e. The number of fused-ring (bicyclic) bond motifs is 3. The monoisotopic (exact) mass is 418 g/mol. The molecular formula is C24H19ClN2O3. The zero-order valence-electron chi connectivity index (χ0n) is 16.2. The standard InChI is InChI=1S/C24H19ClN2O3/c1-22(28)12-19(16-5-3-2-4-6-16)23(17-9-7-15(13-26)8-10-17)24(22,29)21-20(30-23)11-18(25)14-27-21/h2-11,14,19,28-29H,12H2,1H3/t19?,22-,23?,24?/m0/s1. The van der Waals surface area contributed by atoms with Crippen LogP contribution in [0.1, 0.15) is 41.6 Å². The van der Waals surface area contributed by atoms with Crippen LogP contribution in [0.5, 0.6) is 5.75 Å². The summed E-state index contributed by atoms with van der Waals surface area (Å²) in [6, 6.07) is 20.3. The summed E-state index contributed by atoms with van der Waals surface area (Å²) >= 11 is 6.16. The van der Waals surface area contributed by atoms with Crippen molar-refractivity contribution in [3.8, 4) is 11.8 Å². The number of nitrogens with zero attached hydrogens (tertiary/aromatic N) is 2. The maximum Gasteiger partial charge on any atom is 0.183 e. The van der Waals surface area contributed by atoms with Gasteiger partial charge in [-0.15, -0.1) is 0 Å². The summed E-state index contributed by atoms with van der Waals surface area (Å²) < 4.78 is 6.52. The van der Waals surface area contributed by atoms with E-state index in [1.807, 2.05) is 30.3 Å². The number of halogens is 1. The van der Waals surface area contributed by atoms with E-state index in [1.54, 1.807) is 37.3 Å². The van der Waals surface area contributed by atoms with Crippen LogP contribution in [0.2, 0.25) is 5.02 Å². The zero-order chi connectivity index (χ0) is 21.1. The molecule has 0 radical (unpaired) electrons. The Labute approximate surface area is 179 Å². The lowest BCUT2D eigenvalue weighted by atomic mass is 9.70. The molecule has 6 heteroatoms. The molecule has 150 valence electrons. The number of aromatic nitrogens is 1. The number of benzene rings is 2. The Kier molecular flexibility index (Phi) is 4.00. The number of hydrogen-bond acceptors (Lipinski definition) is 5. The van der Waals surface area contributed by atoms with E-state index >= 15 is 0 Å². The zero-order valence-corrected chi connectivity index (χ0v) is 17.0. The normalized spacial score (nSPS) is 31.5. The Hall–Kier alpha value is -2.91. The maximum atomic E-state index is 12.2. The van der Waals surface area contributed by atoms with Crippen LogP contribution in [0, 0.1) is 11.3 Å². The molecular weight excluding hydrogens is 400 g/mol. The Morgan fingerprint density at radius 1 is 1.13 bits per heavy atom. The Morgan fingerprint density at radius 2 is 1.83 bits per heavy atom. The number of ether oxygens (including phenoxy) is 1. The lowest BCUT2D eigenvalue weighted by Crippen LogP contribution is -2.56. The van der Waals surface area contributed by atoms with Gasteiger partial charge in [0.05, 0.1) is 16.7 Å². The van der Waals surface area contributed by atoms with Gasteiger partial charge in [-0.1, -0.05) is 54.1 Å². The van der Waals surface area contributed by atoms with Crippen LogP contribution in [-0.4, -0.2) is 20.8 Å². The van der Waals surface area contributed by atoms with Crippen molar-refractivity contribution in [2.45, 2.75) is 36.1 Å². The molecule has 1 aromatic heterocycles. The van der Waals surface area contributed by atoms with E-state index in [0.29, 0.717) is 21.9 Å². The highest BCUT2D eigenvalue weighted by atomic mass is 35.5. The van der Waals surface area contributed by atoms with Gasteiger partial charge in [0.15, 0.2) is 11.2 Å². The van der Waals surface area contributed by atoms with Gasteiger partial charge in [-0.2, -0.15) is 5.26 Å². The molecule has 2 N–H and O–H groups in total. The Balaban J connectivity index is 1.83. The second kappa shape index (κ2) is 6.29. The van der Waals surface area contributed by atoms with Crippen molar-refractivity contribution in [2.24, 2.45) is 0 Å². The minimum absolute atomic E-state index is 0.261. The summed E-state index contributed by atoms with van der Waals surface area (Å²) in [7, 11) is 0. The molecule has 0 amide bonds. The van der Waals surface area contributed by atoms with E-state index < -0.39 is 16.8 Å². The van der Waals surface area contributed by atoms with Gasteiger partial charge in [-0.05, 0) is 36.6 Å². The highest BCUT2D eigenvalue weighted by molar-refractivity contribution is 6.30. The molecule has 2 heterocycles. The lowest BCUT2D eigenvalue weighted by Gasteiger charge is -2.42. The van der Waals surface area contributed by atoms with Crippen molar-refractivity contribution in [1.29, 1.82) is 5.26 Å². The first kappa shape index (κ1) is 19.1. The summed E-state index contributed by atoms with van der Waals surface area (Å²) in [5.41, 5.74) is -2.36. The van der Waals surface area contributed by atoms with Crippen molar-refractivity contribution < 1.29 is 14.9 Å². The first-order valence-corrected chi connectivity index (χ1v) is 10.1. The molecule has 1 fully saturated rings. The fourth-order valence-electron chi connectivity index (χ4n) is 5.16. The van der Waals surface area contributed by atoms with Crippen LogP contribution in [-0.2, 0) is 11.2 Å². The summed E-state index contributed by atoms with van der Waals surface area (Å²) in [6.45, 7) is 1.61. The minimum atomic E-state index is -1.82. The lowest BCUT2D eigenvalue weighted by molar-refractivity contribution is -0.191. The Morgan fingerprint density at radius 3 is 2.50 bits per heavy atom. The highest BCUT2D eigenvalue weighted by Gasteiger charge is 2.77. The molecule has 2 aromatic carbocycles. The quantitative estimate of drug-likeness (QED) is 0.656. The largest absolute Gasteiger partial charge is 0.476 e. The van der Waals surface area contributed by atoms with E-state index in [4.69, 9.17) is 16.3 Å². The average Bonchev–Trinajstić information content (AvgIpc) is 3.12. The molecule has 3 aromatic rings. The van der Waals surface area contributed by atoms with Gasteiger partial charge in [0.1, 0.15) is 17.0 Å². The van der Waals surface area contributed by atoms with Gasteiger partial charge in [0.25, 0.3) is 0 Å². The SMILES string of the molecule is C[C@]1(O)CC(c2ccccc2)C2(c3ccc(C#N)cc3)Oc3cc(Cl)cnc3C21O. The summed E-state index contributed by atoms with van der Waals surface area (Å²) in [5, 5.41) is 33.4. The van der Waals surface area contributed by atoms with Crippen LogP contribution in [0.3, 0.4) is 0 Å². The number of hydrogen-bond donors (Lipinski definition) is 2. The number of pyridine rings is 1. The van der Waals surface area contributed by atoms with E-state index in [1.165, 1.54) is 6.20 Å². The smallest absolute Gasteiger partial charge is 0.183 e. The van der Waals surface area contributed by atoms with Gasteiger partial charge in [0, 0.05) is 18.2 Å².